The molecular formula is C17H19N5O5S2. The van der Waals surface area contributed by atoms with Crippen LogP contribution in [-0.4, -0.2) is 55.2 Å². The van der Waals surface area contributed by atoms with E-state index in [0.29, 0.717) is 17.9 Å². The predicted molar refractivity (Wildman–Crippen MR) is 106 cm³/mol. The standard InChI is InChI=1S/C17H19N5O5S2/c1-27-14-4-2-12(3-5-14)15-8-16(21-29(25,26)17-9-18-11-19-17)22(20-15)13-6-7-28(23,24)10-13/h2-5,8-9,11,13,21H,6-7,10H2,1H3,(H,18,19)/t13-/m0/s1. The van der Waals surface area contributed by atoms with Gasteiger partial charge in [-0.3, -0.25) is 4.72 Å². The molecule has 1 aliphatic rings. The Morgan fingerprint density at radius 3 is 2.62 bits per heavy atom. The van der Waals surface area contributed by atoms with Crippen LogP contribution in [0.1, 0.15) is 12.5 Å². The number of aromatic nitrogens is 4. The van der Waals surface area contributed by atoms with Crippen molar-refractivity contribution in [1.82, 2.24) is 19.7 Å². The molecule has 3 aromatic rings. The summed E-state index contributed by atoms with van der Waals surface area (Å²) in [4.78, 5) is 6.28. The van der Waals surface area contributed by atoms with E-state index in [4.69, 9.17) is 4.74 Å². The minimum atomic E-state index is -3.93. The molecule has 0 aliphatic carbocycles. The summed E-state index contributed by atoms with van der Waals surface area (Å²) in [5, 5.41) is 4.41. The first-order valence-corrected chi connectivity index (χ1v) is 12.0. The van der Waals surface area contributed by atoms with E-state index in [1.54, 1.807) is 37.4 Å². The van der Waals surface area contributed by atoms with Crippen molar-refractivity contribution >= 4 is 25.7 Å². The summed E-state index contributed by atoms with van der Waals surface area (Å²) in [6.45, 7) is 0. The number of H-pyrrole nitrogens is 1. The highest BCUT2D eigenvalue weighted by atomic mass is 32.2. The summed E-state index contributed by atoms with van der Waals surface area (Å²) in [5.41, 5.74) is 1.26. The van der Waals surface area contributed by atoms with Gasteiger partial charge in [-0.1, -0.05) is 0 Å². The summed E-state index contributed by atoms with van der Waals surface area (Å²) < 4.78 is 58.2. The Balaban J connectivity index is 1.74. The van der Waals surface area contributed by atoms with E-state index in [0.717, 1.165) is 5.56 Å². The van der Waals surface area contributed by atoms with Gasteiger partial charge in [0.25, 0.3) is 10.0 Å². The molecular weight excluding hydrogens is 418 g/mol. The molecule has 2 N–H and O–H groups in total. The number of hydrogen-bond acceptors (Lipinski definition) is 7. The largest absolute Gasteiger partial charge is 0.497 e. The number of ether oxygens (including phenoxy) is 1. The zero-order chi connectivity index (χ0) is 20.6. The van der Waals surface area contributed by atoms with Crippen molar-refractivity contribution in [2.75, 3.05) is 23.3 Å². The third kappa shape index (κ3) is 3.98. The molecule has 4 rings (SSSR count). The topological polar surface area (TPSA) is 136 Å². The molecule has 0 saturated carbocycles. The SMILES string of the molecule is COc1ccc(-c2cc(NS(=O)(=O)c3cnc[nH]3)n([C@H]3CCS(=O)(=O)C3)n2)cc1. The maximum absolute atomic E-state index is 12.6. The molecule has 2 aromatic heterocycles. The maximum atomic E-state index is 12.6. The van der Waals surface area contributed by atoms with E-state index in [1.165, 1.54) is 17.2 Å². The number of aromatic amines is 1. The molecule has 29 heavy (non-hydrogen) atoms. The van der Waals surface area contributed by atoms with Crippen molar-refractivity contribution in [1.29, 1.82) is 0 Å². The fourth-order valence-electron chi connectivity index (χ4n) is 3.20. The highest BCUT2D eigenvalue weighted by Gasteiger charge is 2.32. The molecule has 0 unspecified atom stereocenters. The molecule has 0 amide bonds. The van der Waals surface area contributed by atoms with Crippen LogP contribution in [0.25, 0.3) is 11.3 Å². The average molecular weight is 438 g/mol. The lowest BCUT2D eigenvalue weighted by Crippen LogP contribution is -2.20. The number of hydrogen-bond donors (Lipinski definition) is 2. The van der Waals surface area contributed by atoms with E-state index in [1.807, 2.05) is 0 Å². The van der Waals surface area contributed by atoms with E-state index in [-0.39, 0.29) is 22.3 Å². The van der Waals surface area contributed by atoms with Gasteiger partial charge in [-0.05, 0) is 30.7 Å². The van der Waals surface area contributed by atoms with Gasteiger partial charge in [-0.15, -0.1) is 0 Å². The van der Waals surface area contributed by atoms with Crippen LogP contribution in [0.4, 0.5) is 5.82 Å². The summed E-state index contributed by atoms with van der Waals surface area (Å²) in [6, 6.07) is 8.26. The van der Waals surface area contributed by atoms with Crippen LogP contribution in [0.5, 0.6) is 5.75 Å². The van der Waals surface area contributed by atoms with Crippen LogP contribution in [0.3, 0.4) is 0 Å². The van der Waals surface area contributed by atoms with Crippen molar-refractivity contribution in [3.8, 4) is 17.0 Å². The molecule has 3 heterocycles. The molecule has 10 nitrogen and oxygen atoms in total. The van der Waals surface area contributed by atoms with Crippen molar-refractivity contribution in [3.05, 3.63) is 42.9 Å². The summed E-state index contributed by atoms with van der Waals surface area (Å²) in [7, 11) is -5.55. The molecule has 1 fully saturated rings. The molecule has 154 valence electrons. The predicted octanol–water partition coefficient (Wildman–Crippen LogP) is 1.44. The van der Waals surface area contributed by atoms with Crippen LogP contribution >= 0.6 is 0 Å². The Labute approximate surface area is 167 Å². The van der Waals surface area contributed by atoms with Crippen molar-refractivity contribution in [2.45, 2.75) is 17.5 Å². The van der Waals surface area contributed by atoms with Crippen LogP contribution in [-0.2, 0) is 19.9 Å². The molecule has 1 aromatic carbocycles. The first-order chi connectivity index (χ1) is 13.8. The quantitative estimate of drug-likeness (QED) is 0.595. The smallest absolute Gasteiger partial charge is 0.280 e. The van der Waals surface area contributed by atoms with E-state index in [9.17, 15) is 16.8 Å². The van der Waals surface area contributed by atoms with E-state index < -0.39 is 25.9 Å². The fraction of sp³-hybridized carbons (Fsp3) is 0.294. The number of sulfone groups is 1. The summed E-state index contributed by atoms with van der Waals surface area (Å²) >= 11 is 0. The van der Waals surface area contributed by atoms with Crippen LogP contribution in [0.2, 0.25) is 0 Å². The van der Waals surface area contributed by atoms with E-state index >= 15 is 0 Å². The van der Waals surface area contributed by atoms with E-state index in [2.05, 4.69) is 19.8 Å². The number of anilines is 1. The van der Waals surface area contributed by atoms with Crippen LogP contribution in [0, 0.1) is 0 Å². The Morgan fingerprint density at radius 1 is 1.28 bits per heavy atom. The molecule has 0 radical (unpaired) electrons. The molecule has 0 spiro atoms. The van der Waals surface area contributed by atoms with Crippen molar-refractivity contribution < 1.29 is 21.6 Å². The van der Waals surface area contributed by atoms with Crippen LogP contribution in [0.15, 0.2) is 47.9 Å². The lowest BCUT2D eigenvalue weighted by atomic mass is 10.1. The maximum Gasteiger partial charge on any atom is 0.280 e. The van der Waals surface area contributed by atoms with Gasteiger partial charge in [0.1, 0.15) is 11.6 Å². The Kier molecular flexibility index (Phi) is 4.82. The van der Waals surface area contributed by atoms with Gasteiger partial charge in [-0.25, -0.2) is 18.1 Å². The highest BCUT2D eigenvalue weighted by Crippen LogP contribution is 2.31. The Bertz CT molecular complexity index is 1220. The minimum Gasteiger partial charge on any atom is -0.497 e. The Morgan fingerprint density at radius 2 is 2.03 bits per heavy atom. The number of benzene rings is 1. The van der Waals surface area contributed by atoms with Gasteiger partial charge < -0.3 is 9.72 Å². The lowest BCUT2D eigenvalue weighted by molar-refractivity contribution is 0.415. The van der Waals surface area contributed by atoms with Gasteiger partial charge in [0, 0.05) is 11.6 Å². The molecule has 0 bridgehead atoms. The normalized spacial score (nSPS) is 18.6. The van der Waals surface area contributed by atoms with Gasteiger partial charge in [0.15, 0.2) is 14.9 Å². The van der Waals surface area contributed by atoms with Gasteiger partial charge in [-0.2, -0.15) is 13.5 Å². The van der Waals surface area contributed by atoms with Gasteiger partial charge >= 0.3 is 0 Å². The average Bonchev–Trinajstić information content (AvgIpc) is 3.41. The third-order valence-electron chi connectivity index (χ3n) is 4.68. The molecule has 1 saturated heterocycles. The minimum absolute atomic E-state index is 0.0438. The number of nitrogens with zero attached hydrogens (tertiary/aromatic N) is 3. The molecule has 1 atom stereocenters. The second-order valence-electron chi connectivity index (χ2n) is 6.67. The second-order valence-corrected chi connectivity index (χ2v) is 10.5. The summed E-state index contributed by atoms with van der Waals surface area (Å²) in [6.07, 6.45) is 2.82. The first kappa shape index (κ1) is 19.5. The van der Waals surface area contributed by atoms with Crippen molar-refractivity contribution in [2.24, 2.45) is 0 Å². The zero-order valence-corrected chi connectivity index (χ0v) is 17.1. The lowest BCUT2D eigenvalue weighted by Gasteiger charge is -2.14. The van der Waals surface area contributed by atoms with Crippen LogP contribution < -0.4 is 9.46 Å². The van der Waals surface area contributed by atoms with Gasteiger partial charge in [0.05, 0.1) is 42.9 Å². The number of methoxy groups -OCH3 is 1. The van der Waals surface area contributed by atoms with Gasteiger partial charge in [0.2, 0.25) is 0 Å². The second kappa shape index (κ2) is 7.19. The monoisotopic (exact) mass is 437 g/mol. The summed E-state index contributed by atoms with van der Waals surface area (Å²) in [5.74, 6) is 0.820. The van der Waals surface area contributed by atoms with Crippen molar-refractivity contribution in [3.63, 3.8) is 0 Å². The molecule has 1 aliphatic heterocycles. The number of imidazole rings is 1. The Hall–Kier alpha value is -2.86. The highest BCUT2D eigenvalue weighted by molar-refractivity contribution is 7.92. The zero-order valence-electron chi connectivity index (χ0n) is 15.4. The number of sulfonamides is 1. The number of nitrogens with one attached hydrogen (secondary N) is 2. The third-order valence-corrected chi connectivity index (χ3v) is 7.71. The number of rotatable bonds is 6. The fourth-order valence-corrected chi connectivity index (χ4v) is 5.84. The first-order valence-electron chi connectivity index (χ1n) is 8.73. The molecule has 12 heteroatoms.